The maximum atomic E-state index is 12.8. The third-order valence-electron chi connectivity index (χ3n) is 4.17. The van der Waals surface area contributed by atoms with E-state index in [4.69, 9.17) is 21.1 Å². The summed E-state index contributed by atoms with van der Waals surface area (Å²) in [7, 11) is 0. The lowest BCUT2D eigenvalue weighted by Crippen LogP contribution is -2.54. The van der Waals surface area contributed by atoms with Crippen LogP contribution in [0.15, 0.2) is 24.3 Å². The van der Waals surface area contributed by atoms with Gasteiger partial charge in [-0.05, 0) is 50.5 Å². The van der Waals surface area contributed by atoms with Crippen molar-refractivity contribution in [2.45, 2.75) is 52.6 Å². The van der Waals surface area contributed by atoms with Crippen molar-refractivity contribution in [3.8, 4) is 0 Å². The van der Waals surface area contributed by atoms with Crippen LogP contribution in [0.5, 0.6) is 0 Å². The van der Waals surface area contributed by atoms with Crippen molar-refractivity contribution in [1.82, 2.24) is 10.6 Å². The van der Waals surface area contributed by atoms with Gasteiger partial charge in [-0.15, -0.1) is 0 Å². The number of urea groups is 1. The summed E-state index contributed by atoms with van der Waals surface area (Å²) >= 11 is 5.83. The first-order chi connectivity index (χ1) is 14.7. The van der Waals surface area contributed by atoms with Gasteiger partial charge in [0.05, 0.1) is 13.2 Å². The van der Waals surface area contributed by atoms with Crippen LogP contribution in [0.25, 0.3) is 0 Å². The number of rotatable bonds is 11. The molecule has 0 aromatic heterocycles. The molecule has 10 heteroatoms. The molecule has 0 aliphatic carbocycles. The summed E-state index contributed by atoms with van der Waals surface area (Å²) < 4.78 is 9.85. The Morgan fingerprint density at radius 3 is 2.13 bits per heavy atom. The molecule has 0 aliphatic heterocycles. The van der Waals surface area contributed by atoms with Gasteiger partial charge in [-0.2, -0.15) is 0 Å². The van der Waals surface area contributed by atoms with Crippen LogP contribution in [0.1, 0.15) is 40.5 Å². The standard InChI is InChI=1S/C21H30ClN3O6/c1-5-30-17(26)12-11-16(20(28)31-6-2)24-19(27)18(13(3)4)25-21(29)23-15-9-7-14(22)8-10-15/h7-10,13,16,18H,5-6,11-12H2,1-4H3,(H,24,27)(H2,23,25,29)/t16-,18+/m1/s1. The third-order valence-corrected chi connectivity index (χ3v) is 4.42. The van der Waals surface area contributed by atoms with Gasteiger partial charge < -0.3 is 25.4 Å². The molecule has 0 saturated carbocycles. The minimum absolute atomic E-state index is 0.0190. The summed E-state index contributed by atoms with van der Waals surface area (Å²) in [6.45, 7) is 7.17. The molecule has 2 atom stereocenters. The van der Waals surface area contributed by atoms with Crippen LogP contribution in [-0.4, -0.2) is 49.2 Å². The topological polar surface area (TPSA) is 123 Å². The summed E-state index contributed by atoms with van der Waals surface area (Å²) in [4.78, 5) is 49.0. The van der Waals surface area contributed by atoms with Crippen molar-refractivity contribution in [2.75, 3.05) is 18.5 Å². The molecule has 1 aromatic carbocycles. The van der Waals surface area contributed by atoms with Crippen molar-refractivity contribution in [1.29, 1.82) is 0 Å². The highest BCUT2D eigenvalue weighted by Crippen LogP contribution is 2.13. The zero-order chi connectivity index (χ0) is 23.4. The maximum absolute atomic E-state index is 12.8. The van der Waals surface area contributed by atoms with E-state index in [1.54, 1.807) is 52.0 Å². The fourth-order valence-corrected chi connectivity index (χ4v) is 2.75. The largest absolute Gasteiger partial charge is 0.466 e. The number of hydrogen-bond donors (Lipinski definition) is 3. The summed E-state index contributed by atoms with van der Waals surface area (Å²) in [5.41, 5.74) is 0.503. The molecule has 0 fully saturated rings. The number of nitrogens with one attached hydrogen (secondary N) is 3. The molecular formula is C21H30ClN3O6. The molecule has 0 spiro atoms. The molecule has 0 heterocycles. The molecule has 31 heavy (non-hydrogen) atoms. The smallest absolute Gasteiger partial charge is 0.328 e. The summed E-state index contributed by atoms with van der Waals surface area (Å²) in [6, 6.07) is 3.94. The van der Waals surface area contributed by atoms with E-state index in [0.29, 0.717) is 10.7 Å². The van der Waals surface area contributed by atoms with E-state index in [1.165, 1.54) is 0 Å². The van der Waals surface area contributed by atoms with Gasteiger partial charge in [0.25, 0.3) is 0 Å². The van der Waals surface area contributed by atoms with Gasteiger partial charge in [-0.1, -0.05) is 25.4 Å². The average Bonchev–Trinajstić information content (AvgIpc) is 2.71. The molecule has 1 aromatic rings. The minimum atomic E-state index is -1.04. The zero-order valence-electron chi connectivity index (χ0n) is 18.2. The highest BCUT2D eigenvalue weighted by Gasteiger charge is 2.30. The number of ether oxygens (including phenoxy) is 2. The Balaban J connectivity index is 2.79. The molecule has 1 rings (SSSR count). The van der Waals surface area contributed by atoms with Crippen LogP contribution in [0, 0.1) is 5.92 Å². The Labute approximate surface area is 187 Å². The quantitative estimate of drug-likeness (QED) is 0.441. The van der Waals surface area contributed by atoms with Crippen molar-refractivity contribution >= 4 is 41.2 Å². The minimum Gasteiger partial charge on any atom is -0.466 e. The molecule has 0 aliphatic rings. The van der Waals surface area contributed by atoms with Crippen LogP contribution in [0.3, 0.4) is 0 Å². The van der Waals surface area contributed by atoms with E-state index >= 15 is 0 Å². The first kappa shape index (κ1) is 26.2. The fraction of sp³-hybridized carbons (Fsp3) is 0.524. The van der Waals surface area contributed by atoms with Gasteiger partial charge in [-0.25, -0.2) is 9.59 Å². The number of amides is 3. The highest BCUT2D eigenvalue weighted by atomic mass is 35.5. The lowest BCUT2D eigenvalue weighted by molar-refractivity contribution is -0.149. The number of benzene rings is 1. The van der Waals surface area contributed by atoms with Crippen LogP contribution in [0.4, 0.5) is 10.5 Å². The molecule has 9 nitrogen and oxygen atoms in total. The maximum Gasteiger partial charge on any atom is 0.328 e. The first-order valence-electron chi connectivity index (χ1n) is 10.1. The van der Waals surface area contributed by atoms with E-state index in [9.17, 15) is 19.2 Å². The first-order valence-corrected chi connectivity index (χ1v) is 10.5. The number of halogens is 1. The Kier molecular flexibility index (Phi) is 11.4. The molecule has 3 N–H and O–H groups in total. The van der Waals surface area contributed by atoms with Crippen LogP contribution < -0.4 is 16.0 Å². The second-order valence-electron chi connectivity index (χ2n) is 6.98. The molecule has 0 unspecified atom stereocenters. The number of carbonyl (C=O) groups is 4. The highest BCUT2D eigenvalue weighted by molar-refractivity contribution is 6.30. The molecule has 172 valence electrons. The number of esters is 2. The number of anilines is 1. The van der Waals surface area contributed by atoms with Gasteiger partial charge in [0.2, 0.25) is 5.91 Å². The van der Waals surface area contributed by atoms with Crippen molar-refractivity contribution in [3.05, 3.63) is 29.3 Å². The van der Waals surface area contributed by atoms with Gasteiger partial charge >= 0.3 is 18.0 Å². The molecule has 3 amide bonds. The summed E-state index contributed by atoms with van der Waals surface area (Å²) in [5, 5.41) is 8.32. The van der Waals surface area contributed by atoms with Crippen LogP contribution in [0.2, 0.25) is 5.02 Å². The van der Waals surface area contributed by atoms with E-state index in [0.717, 1.165) is 0 Å². The Morgan fingerprint density at radius 2 is 1.58 bits per heavy atom. The predicted molar refractivity (Wildman–Crippen MR) is 117 cm³/mol. The van der Waals surface area contributed by atoms with Crippen molar-refractivity contribution < 1.29 is 28.7 Å². The molecule has 0 saturated heterocycles. The SMILES string of the molecule is CCOC(=O)CC[C@@H](NC(=O)[C@@H](NC(=O)Nc1ccc(Cl)cc1)C(C)C)C(=O)OCC. The monoisotopic (exact) mass is 455 g/mol. The Hall–Kier alpha value is -2.81. The number of carbonyl (C=O) groups excluding carboxylic acids is 4. The van der Waals surface area contributed by atoms with E-state index in [-0.39, 0.29) is 32.0 Å². The second kappa shape index (κ2) is 13.5. The van der Waals surface area contributed by atoms with Gasteiger partial charge in [0.15, 0.2) is 0 Å². The van der Waals surface area contributed by atoms with Crippen molar-refractivity contribution in [3.63, 3.8) is 0 Å². The van der Waals surface area contributed by atoms with Crippen LogP contribution >= 0.6 is 11.6 Å². The Bertz CT molecular complexity index is 754. The fourth-order valence-electron chi connectivity index (χ4n) is 2.63. The normalized spacial score (nSPS) is 12.5. The Morgan fingerprint density at radius 1 is 0.968 bits per heavy atom. The summed E-state index contributed by atoms with van der Waals surface area (Å²) in [6.07, 6.45) is -0.0420. The predicted octanol–water partition coefficient (Wildman–Crippen LogP) is 2.88. The third kappa shape index (κ3) is 9.69. The summed E-state index contributed by atoms with van der Waals surface area (Å²) in [5.74, 6) is -1.98. The zero-order valence-corrected chi connectivity index (χ0v) is 19.0. The average molecular weight is 456 g/mol. The number of hydrogen-bond acceptors (Lipinski definition) is 6. The van der Waals surface area contributed by atoms with Crippen molar-refractivity contribution in [2.24, 2.45) is 5.92 Å². The molecular weight excluding hydrogens is 426 g/mol. The van der Waals surface area contributed by atoms with E-state index in [1.807, 2.05) is 0 Å². The van der Waals surface area contributed by atoms with Gasteiger partial charge in [0.1, 0.15) is 12.1 Å². The lowest BCUT2D eigenvalue weighted by Gasteiger charge is -2.25. The molecule has 0 radical (unpaired) electrons. The lowest BCUT2D eigenvalue weighted by atomic mass is 10.0. The van der Waals surface area contributed by atoms with Crippen LogP contribution in [-0.2, 0) is 23.9 Å². The molecule has 0 bridgehead atoms. The second-order valence-corrected chi connectivity index (χ2v) is 7.42. The van der Waals surface area contributed by atoms with E-state index in [2.05, 4.69) is 16.0 Å². The van der Waals surface area contributed by atoms with Gasteiger partial charge in [0, 0.05) is 17.1 Å². The van der Waals surface area contributed by atoms with E-state index < -0.39 is 36.0 Å². The van der Waals surface area contributed by atoms with Gasteiger partial charge in [-0.3, -0.25) is 9.59 Å².